The van der Waals surface area contributed by atoms with Crippen LogP contribution in [0.25, 0.3) is 0 Å². The lowest BCUT2D eigenvalue weighted by atomic mass is 10.00. The van der Waals surface area contributed by atoms with Crippen molar-refractivity contribution < 1.29 is 19.4 Å². The molecule has 160 valence electrons. The van der Waals surface area contributed by atoms with Gasteiger partial charge in [-0.1, -0.05) is 24.3 Å². The van der Waals surface area contributed by atoms with Gasteiger partial charge < -0.3 is 19.9 Å². The number of ether oxygens (including phenoxy) is 2. The molecule has 1 atom stereocenters. The number of aromatic nitrogens is 1. The molecule has 0 unspecified atom stereocenters. The third-order valence-corrected chi connectivity index (χ3v) is 5.63. The van der Waals surface area contributed by atoms with Gasteiger partial charge in [-0.25, -0.2) is 4.98 Å². The number of hydrogen-bond donors (Lipinski definition) is 2. The third kappa shape index (κ3) is 5.56. The molecule has 1 fully saturated rings. The SMILES string of the molecule is O=C(NC[C@H](O)CN1CCc2ccccc2C1)c1ccnc(OC2CCOCC2)c1. The summed E-state index contributed by atoms with van der Waals surface area (Å²) >= 11 is 0. The van der Waals surface area contributed by atoms with Gasteiger partial charge in [0.25, 0.3) is 5.91 Å². The molecule has 0 spiro atoms. The first kappa shape index (κ1) is 20.8. The second kappa shape index (κ2) is 10.0. The van der Waals surface area contributed by atoms with Gasteiger partial charge in [0, 0.05) is 56.8 Å². The number of amides is 1. The summed E-state index contributed by atoms with van der Waals surface area (Å²) < 4.78 is 11.2. The Hall–Kier alpha value is -2.48. The van der Waals surface area contributed by atoms with Crippen molar-refractivity contribution in [1.82, 2.24) is 15.2 Å². The Morgan fingerprint density at radius 3 is 2.90 bits per heavy atom. The minimum atomic E-state index is -0.626. The Labute approximate surface area is 177 Å². The molecular formula is C23H29N3O4. The highest BCUT2D eigenvalue weighted by molar-refractivity contribution is 5.94. The number of nitrogens with zero attached hydrogens (tertiary/aromatic N) is 2. The van der Waals surface area contributed by atoms with Crippen LogP contribution in [0.1, 0.15) is 34.3 Å². The van der Waals surface area contributed by atoms with Crippen LogP contribution in [-0.2, 0) is 17.7 Å². The Bertz CT molecular complexity index is 854. The Morgan fingerprint density at radius 2 is 2.07 bits per heavy atom. The molecule has 1 aromatic heterocycles. The molecule has 2 N–H and O–H groups in total. The smallest absolute Gasteiger partial charge is 0.251 e. The highest BCUT2D eigenvalue weighted by atomic mass is 16.5. The molecule has 2 aliphatic rings. The van der Waals surface area contributed by atoms with Gasteiger partial charge in [-0.2, -0.15) is 0 Å². The maximum atomic E-state index is 12.5. The molecule has 2 aliphatic heterocycles. The summed E-state index contributed by atoms with van der Waals surface area (Å²) in [5, 5.41) is 13.2. The first-order chi connectivity index (χ1) is 14.7. The Morgan fingerprint density at radius 1 is 1.27 bits per heavy atom. The molecule has 4 rings (SSSR count). The summed E-state index contributed by atoms with van der Waals surface area (Å²) in [6.07, 6.45) is 3.66. The number of β-amino-alcohol motifs (C(OH)–C–C–N with tert-alkyl or cyclic N) is 1. The zero-order valence-corrected chi connectivity index (χ0v) is 17.1. The van der Waals surface area contributed by atoms with E-state index in [4.69, 9.17) is 9.47 Å². The lowest BCUT2D eigenvalue weighted by Gasteiger charge is -2.30. The van der Waals surface area contributed by atoms with Crippen LogP contribution >= 0.6 is 0 Å². The van der Waals surface area contributed by atoms with Gasteiger partial charge in [-0.05, 0) is 23.6 Å². The first-order valence-corrected chi connectivity index (χ1v) is 10.6. The molecule has 0 radical (unpaired) electrons. The van der Waals surface area contributed by atoms with Crippen LogP contribution in [0.3, 0.4) is 0 Å². The van der Waals surface area contributed by atoms with Crippen molar-refractivity contribution in [2.75, 3.05) is 32.8 Å². The van der Waals surface area contributed by atoms with Crippen molar-refractivity contribution >= 4 is 5.91 Å². The first-order valence-electron chi connectivity index (χ1n) is 10.6. The van der Waals surface area contributed by atoms with Gasteiger partial charge in [0.15, 0.2) is 0 Å². The summed E-state index contributed by atoms with van der Waals surface area (Å²) in [7, 11) is 0. The molecule has 2 aromatic rings. The lowest BCUT2D eigenvalue weighted by molar-refractivity contribution is 0.0237. The summed E-state index contributed by atoms with van der Waals surface area (Å²) in [6, 6.07) is 11.7. The average molecular weight is 412 g/mol. The maximum absolute atomic E-state index is 12.5. The van der Waals surface area contributed by atoms with E-state index in [0.717, 1.165) is 32.4 Å². The number of rotatable bonds is 7. The number of benzene rings is 1. The van der Waals surface area contributed by atoms with Gasteiger partial charge in [-0.3, -0.25) is 9.69 Å². The quantitative estimate of drug-likeness (QED) is 0.723. The number of aliphatic hydroxyl groups is 1. The van der Waals surface area contributed by atoms with Crippen molar-refractivity contribution in [2.24, 2.45) is 0 Å². The van der Waals surface area contributed by atoms with Gasteiger partial charge in [0.2, 0.25) is 5.88 Å². The summed E-state index contributed by atoms with van der Waals surface area (Å²) in [6.45, 7) is 3.85. The van der Waals surface area contributed by atoms with Crippen molar-refractivity contribution in [1.29, 1.82) is 0 Å². The molecule has 0 aliphatic carbocycles. The highest BCUT2D eigenvalue weighted by Crippen LogP contribution is 2.19. The topological polar surface area (TPSA) is 83.9 Å². The molecule has 7 nitrogen and oxygen atoms in total. The number of aliphatic hydroxyl groups excluding tert-OH is 1. The maximum Gasteiger partial charge on any atom is 0.251 e. The molecule has 7 heteroatoms. The van der Waals surface area contributed by atoms with E-state index in [9.17, 15) is 9.90 Å². The number of carbonyl (C=O) groups is 1. The van der Waals surface area contributed by atoms with E-state index in [0.29, 0.717) is 31.2 Å². The molecule has 3 heterocycles. The Balaban J connectivity index is 1.24. The predicted octanol–water partition coefficient (Wildman–Crippen LogP) is 1.79. The van der Waals surface area contributed by atoms with Crippen molar-refractivity contribution in [2.45, 2.75) is 38.0 Å². The molecule has 0 bridgehead atoms. The van der Waals surface area contributed by atoms with E-state index in [-0.39, 0.29) is 18.6 Å². The molecule has 30 heavy (non-hydrogen) atoms. The zero-order valence-electron chi connectivity index (χ0n) is 17.1. The molecule has 0 saturated carbocycles. The minimum absolute atomic E-state index is 0.0704. The normalized spacial score (nSPS) is 18.4. The summed E-state index contributed by atoms with van der Waals surface area (Å²) in [4.78, 5) is 18.9. The number of hydrogen-bond acceptors (Lipinski definition) is 6. The monoisotopic (exact) mass is 411 g/mol. The summed E-state index contributed by atoms with van der Waals surface area (Å²) in [5.74, 6) is 0.208. The fourth-order valence-electron chi connectivity index (χ4n) is 3.96. The van der Waals surface area contributed by atoms with Crippen LogP contribution in [-0.4, -0.2) is 66.0 Å². The van der Waals surface area contributed by atoms with E-state index in [1.165, 1.54) is 11.1 Å². The largest absolute Gasteiger partial charge is 0.474 e. The van der Waals surface area contributed by atoms with E-state index in [2.05, 4.69) is 33.4 Å². The van der Waals surface area contributed by atoms with Gasteiger partial charge in [0.1, 0.15) is 6.10 Å². The number of fused-ring (bicyclic) bond motifs is 1. The highest BCUT2D eigenvalue weighted by Gasteiger charge is 2.20. The molecule has 1 saturated heterocycles. The minimum Gasteiger partial charge on any atom is -0.474 e. The van der Waals surface area contributed by atoms with Crippen molar-refractivity contribution in [3.05, 3.63) is 59.3 Å². The van der Waals surface area contributed by atoms with Crippen LogP contribution in [0.15, 0.2) is 42.6 Å². The molecule has 1 amide bonds. The number of nitrogens with one attached hydrogen (secondary N) is 1. The van der Waals surface area contributed by atoms with Crippen LogP contribution in [0.2, 0.25) is 0 Å². The Kier molecular flexibility index (Phi) is 6.94. The number of carbonyl (C=O) groups excluding carboxylic acids is 1. The lowest BCUT2D eigenvalue weighted by Crippen LogP contribution is -2.42. The van der Waals surface area contributed by atoms with Crippen LogP contribution in [0.4, 0.5) is 0 Å². The van der Waals surface area contributed by atoms with Gasteiger partial charge in [0.05, 0.1) is 19.3 Å². The molecule has 1 aromatic carbocycles. The van der Waals surface area contributed by atoms with E-state index in [1.54, 1.807) is 18.3 Å². The van der Waals surface area contributed by atoms with Gasteiger partial charge >= 0.3 is 0 Å². The second-order valence-corrected chi connectivity index (χ2v) is 7.93. The molecular weight excluding hydrogens is 382 g/mol. The van der Waals surface area contributed by atoms with Crippen molar-refractivity contribution in [3.63, 3.8) is 0 Å². The van der Waals surface area contributed by atoms with Crippen molar-refractivity contribution in [3.8, 4) is 5.88 Å². The van der Waals surface area contributed by atoms with E-state index in [1.807, 2.05) is 6.07 Å². The van der Waals surface area contributed by atoms with E-state index < -0.39 is 6.10 Å². The predicted molar refractivity (Wildman–Crippen MR) is 112 cm³/mol. The zero-order chi connectivity index (χ0) is 20.8. The standard InChI is InChI=1S/C23H29N3O4/c27-20(16-26-10-6-17-3-1-2-4-19(17)15-26)14-25-23(28)18-5-9-24-22(13-18)30-21-7-11-29-12-8-21/h1-5,9,13,20-21,27H,6-8,10-12,14-16H2,(H,25,28)/t20-/m0/s1. The summed E-state index contributed by atoms with van der Waals surface area (Å²) in [5.41, 5.74) is 3.17. The van der Waals surface area contributed by atoms with E-state index >= 15 is 0 Å². The average Bonchev–Trinajstić information content (AvgIpc) is 2.78. The van der Waals surface area contributed by atoms with Crippen LogP contribution in [0, 0.1) is 0 Å². The number of pyridine rings is 1. The fourth-order valence-corrected chi connectivity index (χ4v) is 3.96. The third-order valence-electron chi connectivity index (χ3n) is 5.63. The van der Waals surface area contributed by atoms with Gasteiger partial charge in [-0.15, -0.1) is 0 Å². The second-order valence-electron chi connectivity index (χ2n) is 7.93. The van der Waals surface area contributed by atoms with Crippen LogP contribution < -0.4 is 10.1 Å². The van der Waals surface area contributed by atoms with Crippen LogP contribution in [0.5, 0.6) is 5.88 Å². The fraction of sp³-hybridized carbons (Fsp3) is 0.478.